The minimum absolute atomic E-state index is 0.253. The van der Waals surface area contributed by atoms with Gasteiger partial charge in [0.15, 0.2) is 10.9 Å². The van der Waals surface area contributed by atoms with Crippen LogP contribution in [0.2, 0.25) is 0 Å². The van der Waals surface area contributed by atoms with Crippen LogP contribution >= 0.6 is 23.6 Å². The van der Waals surface area contributed by atoms with Crippen molar-refractivity contribution in [2.75, 3.05) is 36.2 Å². The largest absolute Gasteiger partial charge is 0.493 e. The second-order valence-corrected chi connectivity index (χ2v) is 20.6. The fourth-order valence-corrected chi connectivity index (χ4v) is 9.95. The number of aromatic nitrogens is 2. The molecule has 2 aromatic heterocycles. The number of carbonyl (C=O) groups is 4. The summed E-state index contributed by atoms with van der Waals surface area (Å²) in [4.78, 5) is 67.2. The van der Waals surface area contributed by atoms with Gasteiger partial charge < -0.3 is 29.9 Å². The second-order valence-electron chi connectivity index (χ2n) is 19.4. The summed E-state index contributed by atoms with van der Waals surface area (Å²) in [6, 6.07) is 18.4. The molecule has 3 aromatic carbocycles. The van der Waals surface area contributed by atoms with Crippen molar-refractivity contribution in [2.24, 2.45) is 5.41 Å². The third kappa shape index (κ3) is 12.0. The highest BCUT2D eigenvalue weighted by Crippen LogP contribution is 2.42. The summed E-state index contributed by atoms with van der Waals surface area (Å²) >= 11 is 7.05. The first-order valence-electron chi connectivity index (χ1n) is 23.3. The Morgan fingerprint density at radius 3 is 2.27 bits per heavy atom. The number of aryl methyl sites for hydroxylation is 1. The van der Waals surface area contributed by atoms with Crippen LogP contribution in [0.1, 0.15) is 76.3 Å². The number of ether oxygens (including phenoxy) is 2. The van der Waals surface area contributed by atoms with Crippen molar-refractivity contribution in [3.63, 3.8) is 0 Å². The van der Waals surface area contributed by atoms with Gasteiger partial charge in [-0.15, -0.1) is 11.3 Å². The van der Waals surface area contributed by atoms with E-state index in [-0.39, 0.29) is 29.0 Å². The highest BCUT2D eigenvalue weighted by Gasteiger charge is 2.52. The number of rotatable bonds is 17. The van der Waals surface area contributed by atoms with E-state index in [1.54, 1.807) is 61.9 Å². The molecule has 2 N–H and O–H groups in total. The molecule has 2 atom stereocenters. The first-order valence-corrected chi connectivity index (χ1v) is 24.6. The van der Waals surface area contributed by atoms with Crippen LogP contribution in [0.4, 0.5) is 37.7 Å². The Balaban J connectivity index is 0.869. The number of pyridine rings is 1. The van der Waals surface area contributed by atoms with Crippen LogP contribution in [0, 0.1) is 29.5 Å². The van der Waals surface area contributed by atoms with Gasteiger partial charge in [-0.1, -0.05) is 45.0 Å². The van der Waals surface area contributed by atoms with Crippen LogP contribution in [-0.2, 0) is 36.6 Å². The summed E-state index contributed by atoms with van der Waals surface area (Å²) < 4.78 is 97.3. The Morgan fingerprint density at radius 1 is 0.973 bits per heavy atom. The van der Waals surface area contributed by atoms with Crippen LogP contribution in [0.3, 0.4) is 0 Å². The van der Waals surface area contributed by atoms with Gasteiger partial charge in [-0.3, -0.25) is 29.1 Å². The molecule has 2 saturated heterocycles. The number of hydrogen-bond acceptors (Lipinski definition) is 11. The molecule has 2 fully saturated rings. The monoisotopic (exact) mass is 1060 g/mol. The van der Waals surface area contributed by atoms with E-state index < -0.39 is 102 Å². The predicted molar refractivity (Wildman–Crippen MR) is 269 cm³/mol. The number of nitriles is 1. The van der Waals surface area contributed by atoms with E-state index in [2.05, 4.69) is 20.6 Å². The first-order chi connectivity index (χ1) is 34.8. The van der Waals surface area contributed by atoms with Crippen molar-refractivity contribution >= 4 is 63.7 Å². The Hall–Kier alpha value is -6.96. The highest BCUT2D eigenvalue weighted by atomic mass is 32.1. The number of alkyl halides is 5. The summed E-state index contributed by atoms with van der Waals surface area (Å²) in [6.45, 7) is 8.40. The van der Waals surface area contributed by atoms with Crippen molar-refractivity contribution < 1.29 is 55.0 Å². The molecule has 2 aliphatic heterocycles. The molecule has 14 nitrogen and oxygen atoms in total. The number of thiocarbonyl (C=S) groups is 1. The predicted octanol–water partition coefficient (Wildman–Crippen LogP) is 9.39. The zero-order chi connectivity index (χ0) is 53.9. The Morgan fingerprint density at radius 2 is 1.66 bits per heavy atom. The maximum atomic E-state index is 15.4. The van der Waals surface area contributed by atoms with Gasteiger partial charge in [-0.05, 0) is 111 Å². The van der Waals surface area contributed by atoms with Gasteiger partial charge in [0.25, 0.3) is 11.8 Å². The van der Waals surface area contributed by atoms with Crippen molar-refractivity contribution in [2.45, 2.75) is 97.1 Å². The summed E-state index contributed by atoms with van der Waals surface area (Å²) in [5.41, 5.74) is 0.0875. The minimum Gasteiger partial charge on any atom is -0.493 e. The zero-order valence-corrected chi connectivity index (χ0v) is 42.7. The lowest BCUT2D eigenvalue weighted by molar-refractivity contribution is -0.145. The number of nitrogens with zero attached hydrogens (tertiary/aromatic N) is 6. The molecule has 22 heteroatoms. The fraction of sp³-hybridized carbons (Fsp3) is 0.385. The summed E-state index contributed by atoms with van der Waals surface area (Å²) in [7, 11) is 0. The molecular formula is C52H52F6N8O6S2. The molecule has 7 rings (SSSR count). The van der Waals surface area contributed by atoms with Gasteiger partial charge in [-0.2, -0.15) is 18.4 Å². The Labute approximate surface area is 432 Å². The van der Waals surface area contributed by atoms with E-state index in [0.717, 1.165) is 33.8 Å². The van der Waals surface area contributed by atoms with Gasteiger partial charge in [0, 0.05) is 25.1 Å². The van der Waals surface area contributed by atoms with E-state index in [1.807, 2.05) is 31.2 Å². The number of carbonyl (C=O) groups excluding carboxylic acids is 4. The van der Waals surface area contributed by atoms with Gasteiger partial charge in [0.1, 0.15) is 42.1 Å². The summed E-state index contributed by atoms with van der Waals surface area (Å²) in [5, 5.41) is 14.4. The van der Waals surface area contributed by atoms with Crippen LogP contribution in [0.15, 0.2) is 84.5 Å². The lowest BCUT2D eigenvalue weighted by Crippen LogP contribution is -2.58. The topological polar surface area (TPSA) is 170 Å². The summed E-state index contributed by atoms with van der Waals surface area (Å²) in [6.07, 6.45) is -3.59. The lowest BCUT2D eigenvalue weighted by atomic mass is 9.85. The Kier molecular flexibility index (Phi) is 16.2. The van der Waals surface area contributed by atoms with Crippen molar-refractivity contribution in [1.82, 2.24) is 25.5 Å². The third-order valence-corrected chi connectivity index (χ3v) is 13.9. The van der Waals surface area contributed by atoms with Crippen molar-refractivity contribution in [3.8, 4) is 33.5 Å². The van der Waals surface area contributed by atoms with E-state index in [9.17, 15) is 46.4 Å². The molecule has 0 saturated carbocycles. The minimum atomic E-state index is -5.23. The summed E-state index contributed by atoms with van der Waals surface area (Å²) in [5.74, 6) is -7.33. The molecule has 390 valence electrons. The smallest absolute Gasteiger partial charge is 0.420 e. The molecule has 0 aliphatic carbocycles. The van der Waals surface area contributed by atoms with Crippen molar-refractivity contribution in [3.05, 3.63) is 113 Å². The number of amides is 4. The number of nitrogens with one attached hydrogen (secondary N) is 2. The van der Waals surface area contributed by atoms with E-state index in [0.29, 0.717) is 35.5 Å². The number of thiazole rings is 1. The molecule has 74 heavy (non-hydrogen) atoms. The molecule has 4 amide bonds. The lowest BCUT2D eigenvalue weighted by Gasteiger charge is -2.35. The maximum absolute atomic E-state index is 15.4. The number of benzene rings is 3. The van der Waals surface area contributed by atoms with Crippen LogP contribution < -0.4 is 25.2 Å². The molecule has 1 unspecified atom stereocenters. The van der Waals surface area contributed by atoms with Crippen molar-refractivity contribution in [1.29, 1.82) is 5.26 Å². The van der Waals surface area contributed by atoms with E-state index >= 15 is 4.39 Å². The highest BCUT2D eigenvalue weighted by molar-refractivity contribution is 7.81. The van der Waals surface area contributed by atoms with Gasteiger partial charge in [-0.25, -0.2) is 18.2 Å². The first kappa shape index (κ1) is 54.8. The molecule has 0 spiro atoms. The zero-order valence-electron chi connectivity index (χ0n) is 41.1. The van der Waals surface area contributed by atoms with Crippen LogP contribution in [-0.4, -0.2) is 93.5 Å². The average molecular weight is 1060 g/mol. The Bertz CT molecular complexity index is 2960. The second kappa shape index (κ2) is 21.9. The molecule has 0 radical (unpaired) electrons. The normalized spacial score (nSPS) is 16.3. The fourth-order valence-electron chi connectivity index (χ4n) is 8.62. The standard InChI is InChI=1S/C52H52F6N8O6S2/c1-30-43(74-29-62-30)33-11-9-31(10-12-33)25-61-45(68)39-8-7-22-64(39)46(69)44(49(2,3)4)63-40(67)27-71-28-51(54,55)21-23-72-36-17-13-32(14-18-36)37-19-16-35(26-60-37)66-48(73)65(47(70)50(66,5)6)38-20-15-34(24-59)41(42(38)53)52(56,57)58/h9-20,26,29,39,44H,7-8,21-23,25,27-28H2,1-6H3,(H,61,68)(H,63,67)/t39-,44?/m0/s1. The van der Waals surface area contributed by atoms with Gasteiger partial charge in [0.05, 0.1) is 57.6 Å². The molecule has 5 aromatic rings. The number of anilines is 2. The van der Waals surface area contributed by atoms with Crippen LogP contribution in [0.25, 0.3) is 21.7 Å². The molecular weight excluding hydrogens is 1010 g/mol. The van der Waals surface area contributed by atoms with E-state index in [1.165, 1.54) is 48.0 Å². The van der Waals surface area contributed by atoms with Gasteiger partial charge >= 0.3 is 6.18 Å². The number of hydrogen-bond donors (Lipinski definition) is 2. The van der Waals surface area contributed by atoms with Crippen LogP contribution in [0.5, 0.6) is 5.75 Å². The SMILES string of the molecule is Cc1ncsc1-c1ccc(CNC(=O)[C@@H]2CCCN2C(=O)C(NC(=O)COCC(F)(F)CCOc2ccc(-c3ccc(N4C(=S)N(c5ccc(C#N)c(C(F)(F)F)c5F)C(=O)C4(C)C)cn3)cc2)C(C)(C)C)cc1. The number of likely N-dealkylation sites (tertiary alicyclic amines) is 1. The molecule has 4 heterocycles. The maximum Gasteiger partial charge on any atom is 0.420 e. The molecule has 0 bridgehead atoms. The molecule has 2 aliphatic rings. The average Bonchev–Trinajstić information content (AvgIpc) is 4.06. The van der Waals surface area contributed by atoms with E-state index in [4.69, 9.17) is 21.7 Å². The van der Waals surface area contributed by atoms with Gasteiger partial charge in [0.2, 0.25) is 17.7 Å². The number of halogens is 6. The quantitative estimate of drug-likeness (QED) is 0.0672. The third-order valence-electron chi connectivity index (χ3n) is 12.6.